The number of hydrogen-bond acceptors (Lipinski definition) is 4. The molecule has 0 saturated heterocycles. The fraction of sp³-hybridized carbons (Fsp3) is 0.381. The van der Waals surface area contributed by atoms with E-state index in [-0.39, 0.29) is 17.6 Å². The number of hydrogen-bond donors (Lipinski definition) is 1. The SMILES string of the molecule is COc1ccc2c(c1)[C@@H](NC(=O)[C@H](C)Oc1ccc(Br)cc1)CC(C)(C)O2. The minimum absolute atomic E-state index is 0.172. The molecule has 0 unspecified atom stereocenters. The number of ether oxygens (including phenoxy) is 3. The van der Waals surface area contributed by atoms with E-state index in [4.69, 9.17) is 14.2 Å². The molecule has 144 valence electrons. The maximum Gasteiger partial charge on any atom is 0.261 e. The van der Waals surface area contributed by atoms with Gasteiger partial charge in [-0.1, -0.05) is 15.9 Å². The van der Waals surface area contributed by atoms with Gasteiger partial charge in [0, 0.05) is 16.5 Å². The van der Waals surface area contributed by atoms with Crippen molar-refractivity contribution in [2.45, 2.75) is 44.9 Å². The van der Waals surface area contributed by atoms with Crippen LogP contribution in [0.2, 0.25) is 0 Å². The van der Waals surface area contributed by atoms with E-state index >= 15 is 0 Å². The topological polar surface area (TPSA) is 56.8 Å². The van der Waals surface area contributed by atoms with Gasteiger partial charge in [-0.05, 0) is 63.2 Å². The van der Waals surface area contributed by atoms with Crippen LogP contribution in [-0.4, -0.2) is 24.7 Å². The summed E-state index contributed by atoms with van der Waals surface area (Å²) in [6, 6.07) is 12.9. The second-order valence-corrected chi connectivity index (χ2v) is 8.16. The van der Waals surface area contributed by atoms with Crippen LogP contribution in [0.15, 0.2) is 46.9 Å². The number of carbonyl (C=O) groups excluding carboxylic acids is 1. The van der Waals surface area contributed by atoms with Crippen molar-refractivity contribution in [3.63, 3.8) is 0 Å². The van der Waals surface area contributed by atoms with Gasteiger partial charge in [-0.15, -0.1) is 0 Å². The van der Waals surface area contributed by atoms with E-state index < -0.39 is 6.10 Å². The van der Waals surface area contributed by atoms with Crippen molar-refractivity contribution in [2.75, 3.05) is 7.11 Å². The first-order valence-corrected chi connectivity index (χ1v) is 9.66. The van der Waals surface area contributed by atoms with Gasteiger partial charge in [-0.3, -0.25) is 4.79 Å². The molecule has 1 N–H and O–H groups in total. The van der Waals surface area contributed by atoms with Crippen molar-refractivity contribution in [3.05, 3.63) is 52.5 Å². The molecule has 0 fully saturated rings. The number of rotatable bonds is 5. The van der Waals surface area contributed by atoms with E-state index in [0.717, 1.165) is 21.5 Å². The van der Waals surface area contributed by atoms with Crippen molar-refractivity contribution < 1.29 is 19.0 Å². The minimum atomic E-state index is -0.619. The van der Waals surface area contributed by atoms with Crippen molar-refractivity contribution in [3.8, 4) is 17.2 Å². The van der Waals surface area contributed by atoms with Crippen LogP contribution in [0.1, 0.15) is 38.8 Å². The number of amides is 1. The number of carbonyl (C=O) groups is 1. The summed E-state index contributed by atoms with van der Waals surface area (Å²) in [6.45, 7) is 5.77. The van der Waals surface area contributed by atoms with Crippen LogP contribution in [0.3, 0.4) is 0 Å². The lowest BCUT2D eigenvalue weighted by molar-refractivity contribution is -0.128. The molecule has 0 bridgehead atoms. The average Bonchev–Trinajstić information content (AvgIpc) is 2.62. The van der Waals surface area contributed by atoms with E-state index in [9.17, 15) is 4.79 Å². The Morgan fingerprint density at radius 3 is 2.56 bits per heavy atom. The number of benzene rings is 2. The van der Waals surface area contributed by atoms with E-state index in [1.54, 1.807) is 14.0 Å². The summed E-state index contributed by atoms with van der Waals surface area (Å²) in [4.78, 5) is 12.7. The fourth-order valence-electron chi connectivity index (χ4n) is 3.15. The maximum absolute atomic E-state index is 12.7. The highest BCUT2D eigenvalue weighted by Crippen LogP contribution is 2.41. The monoisotopic (exact) mass is 433 g/mol. The Balaban J connectivity index is 1.75. The number of fused-ring (bicyclic) bond motifs is 1. The predicted octanol–water partition coefficient (Wildman–Crippen LogP) is 4.64. The molecule has 2 atom stereocenters. The third-order valence-electron chi connectivity index (χ3n) is 4.49. The van der Waals surface area contributed by atoms with Gasteiger partial charge >= 0.3 is 0 Å². The summed E-state index contributed by atoms with van der Waals surface area (Å²) in [5, 5.41) is 3.10. The molecule has 27 heavy (non-hydrogen) atoms. The predicted molar refractivity (Wildman–Crippen MR) is 107 cm³/mol. The molecule has 0 aromatic heterocycles. The van der Waals surface area contributed by atoms with Gasteiger partial charge in [0.15, 0.2) is 6.10 Å². The van der Waals surface area contributed by atoms with Crippen LogP contribution in [0, 0.1) is 0 Å². The molecule has 1 aliphatic rings. The van der Waals surface area contributed by atoms with Gasteiger partial charge in [0.25, 0.3) is 5.91 Å². The van der Waals surface area contributed by atoms with Crippen LogP contribution >= 0.6 is 15.9 Å². The third kappa shape index (κ3) is 4.75. The molecule has 0 saturated carbocycles. The molecule has 3 rings (SSSR count). The molecule has 0 radical (unpaired) electrons. The summed E-state index contributed by atoms with van der Waals surface area (Å²) in [5.74, 6) is 1.97. The number of halogens is 1. The summed E-state index contributed by atoms with van der Waals surface area (Å²) in [7, 11) is 1.62. The lowest BCUT2D eigenvalue weighted by atomic mass is 9.89. The molecule has 6 heteroatoms. The molecule has 2 aromatic carbocycles. The van der Waals surface area contributed by atoms with Crippen LogP contribution in [0.25, 0.3) is 0 Å². The zero-order valence-corrected chi connectivity index (χ0v) is 17.5. The van der Waals surface area contributed by atoms with Gasteiger partial charge in [0.1, 0.15) is 22.8 Å². The summed E-state index contributed by atoms with van der Waals surface area (Å²) < 4.78 is 18.1. The lowest BCUT2D eigenvalue weighted by Gasteiger charge is -2.38. The average molecular weight is 434 g/mol. The molecule has 1 aliphatic heterocycles. The van der Waals surface area contributed by atoms with Crippen molar-refractivity contribution >= 4 is 21.8 Å². The Morgan fingerprint density at radius 2 is 1.89 bits per heavy atom. The number of methoxy groups -OCH3 is 1. The molecule has 5 nitrogen and oxygen atoms in total. The normalized spacial score (nSPS) is 18.6. The Hall–Kier alpha value is -2.21. The Morgan fingerprint density at radius 1 is 1.22 bits per heavy atom. The van der Waals surface area contributed by atoms with Crippen LogP contribution in [0.4, 0.5) is 0 Å². The highest BCUT2D eigenvalue weighted by atomic mass is 79.9. The van der Waals surface area contributed by atoms with E-state index in [1.807, 2.05) is 56.3 Å². The van der Waals surface area contributed by atoms with E-state index in [1.165, 1.54) is 0 Å². The zero-order valence-electron chi connectivity index (χ0n) is 15.9. The zero-order chi connectivity index (χ0) is 19.6. The fourth-order valence-corrected chi connectivity index (χ4v) is 3.41. The van der Waals surface area contributed by atoms with Crippen molar-refractivity contribution in [1.29, 1.82) is 0 Å². The van der Waals surface area contributed by atoms with E-state index in [0.29, 0.717) is 12.2 Å². The van der Waals surface area contributed by atoms with Gasteiger partial charge < -0.3 is 19.5 Å². The second-order valence-electron chi connectivity index (χ2n) is 7.24. The summed E-state index contributed by atoms with van der Waals surface area (Å²) in [6.07, 6.45) is 0.0374. The largest absolute Gasteiger partial charge is 0.497 e. The molecule has 1 heterocycles. The standard InChI is InChI=1S/C21H24BrNO4/c1-13(26-15-7-5-14(22)6-8-15)20(24)23-18-12-21(2,3)27-19-10-9-16(25-4)11-17(18)19/h5-11,13,18H,12H2,1-4H3,(H,23,24)/t13-,18-/m0/s1. The lowest BCUT2D eigenvalue weighted by Crippen LogP contribution is -2.44. The van der Waals surface area contributed by atoms with Crippen molar-refractivity contribution in [1.82, 2.24) is 5.32 Å². The molecule has 1 amide bonds. The molecular formula is C21H24BrNO4. The minimum Gasteiger partial charge on any atom is -0.497 e. The summed E-state index contributed by atoms with van der Waals surface area (Å²) in [5.41, 5.74) is 0.535. The molecular weight excluding hydrogens is 410 g/mol. The van der Waals surface area contributed by atoms with Gasteiger partial charge in [-0.2, -0.15) is 0 Å². The first-order valence-electron chi connectivity index (χ1n) is 8.87. The third-order valence-corrected chi connectivity index (χ3v) is 5.02. The Kier molecular flexibility index (Phi) is 5.65. The van der Waals surface area contributed by atoms with Gasteiger partial charge in [0.2, 0.25) is 0 Å². The quantitative estimate of drug-likeness (QED) is 0.745. The van der Waals surface area contributed by atoms with Crippen LogP contribution in [-0.2, 0) is 4.79 Å². The first kappa shape index (κ1) is 19.5. The molecule has 0 aliphatic carbocycles. The molecule has 2 aromatic rings. The molecule has 0 spiro atoms. The van der Waals surface area contributed by atoms with Gasteiger partial charge in [-0.25, -0.2) is 0 Å². The van der Waals surface area contributed by atoms with Crippen LogP contribution in [0.5, 0.6) is 17.2 Å². The maximum atomic E-state index is 12.7. The highest BCUT2D eigenvalue weighted by Gasteiger charge is 2.35. The van der Waals surface area contributed by atoms with Crippen LogP contribution < -0.4 is 19.5 Å². The smallest absolute Gasteiger partial charge is 0.261 e. The van der Waals surface area contributed by atoms with Crippen molar-refractivity contribution in [2.24, 2.45) is 0 Å². The van der Waals surface area contributed by atoms with Gasteiger partial charge in [0.05, 0.1) is 13.2 Å². The second kappa shape index (κ2) is 7.80. The Labute approximate surface area is 168 Å². The first-order chi connectivity index (χ1) is 12.8. The summed E-state index contributed by atoms with van der Waals surface area (Å²) >= 11 is 3.39. The Bertz CT molecular complexity index is 819. The van der Waals surface area contributed by atoms with E-state index in [2.05, 4.69) is 21.2 Å². The highest BCUT2D eigenvalue weighted by molar-refractivity contribution is 9.10. The number of nitrogens with one attached hydrogen (secondary N) is 1.